The van der Waals surface area contributed by atoms with Crippen LogP contribution in [0.15, 0.2) is 48.2 Å². The maximum atomic E-state index is 12.3. The van der Waals surface area contributed by atoms with Crippen molar-refractivity contribution in [2.75, 3.05) is 17.7 Å². The van der Waals surface area contributed by atoms with Crippen molar-refractivity contribution in [3.63, 3.8) is 0 Å². The Morgan fingerprint density at radius 2 is 2.04 bits per heavy atom. The molecule has 0 spiro atoms. The highest BCUT2D eigenvalue weighted by Gasteiger charge is 2.14. The molecule has 0 atom stereocenters. The van der Waals surface area contributed by atoms with Gasteiger partial charge in [-0.15, -0.1) is 0 Å². The van der Waals surface area contributed by atoms with Crippen LogP contribution in [0.3, 0.4) is 0 Å². The van der Waals surface area contributed by atoms with E-state index in [1.165, 1.54) is 31.4 Å². The smallest absolute Gasteiger partial charge is 0.271 e. The quantitative estimate of drug-likeness (QED) is 0.318. The Morgan fingerprint density at radius 3 is 2.67 bits per heavy atom. The Kier molecular flexibility index (Phi) is 6.60. The molecule has 0 saturated heterocycles. The number of carbonyl (C=O) groups excluding carboxylic acids is 1. The summed E-state index contributed by atoms with van der Waals surface area (Å²) < 4.78 is 5.10. The first kappa shape index (κ1) is 20.0. The van der Waals surface area contributed by atoms with E-state index >= 15 is 0 Å². The van der Waals surface area contributed by atoms with Crippen LogP contribution in [0, 0.1) is 21.4 Å². The van der Waals surface area contributed by atoms with Crippen LogP contribution in [0.5, 0.6) is 5.75 Å². The largest absolute Gasteiger partial charge is 0.495 e. The third kappa shape index (κ3) is 4.88. The monoisotopic (exact) mass is 406 g/mol. The zero-order valence-electron chi connectivity index (χ0n) is 13.8. The van der Waals surface area contributed by atoms with Gasteiger partial charge >= 0.3 is 0 Å². The summed E-state index contributed by atoms with van der Waals surface area (Å²) in [5, 5.41) is 25.7. The zero-order chi connectivity index (χ0) is 20.0. The number of rotatable bonds is 6. The van der Waals surface area contributed by atoms with Gasteiger partial charge in [-0.3, -0.25) is 14.9 Å². The first-order chi connectivity index (χ1) is 12.9. The van der Waals surface area contributed by atoms with Crippen molar-refractivity contribution in [3.8, 4) is 11.8 Å². The lowest BCUT2D eigenvalue weighted by Gasteiger charge is -2.09. The number of amides is 1. The highest BCUT2D eigenvalue weighted by molar-refractivity contribution is 6.44. The van der Waals surface area contributed by atoms with Crippen LogP contribution in [-0.2, 0) is 4.79 Å². The molecule has 27 heavy (non-hydrogen) atoms. The minimum atomic E-state index is -0.737. The second-order valence-electron chi connectivity index (χ2n) is 5.01. The highest BCUT2D eigenvalue weighted by atomic mass is 35.5. The average molecular weight is 407 g/mol. The molecule has 138 valence electrons. The van der Waals surface area contributed by atoms with E-state index in [9.17, 15) is 20.2 Å². The average Bonchev–Trinajstić information content (AvgIpc) is 2.65. The summed E-state index contributed by atoms with van der Waals surface area (Å²) in [7, 11) is 1.38. The third-order valence-electron chi connectivity index (χ3n) is 3.33. The lowest BCUT2D eigenvalue weighted by Crippen LogP contribution is -2.15. The Hall–Kier alpha value is -3.28. The summed E-state index contributed by atoms with van der Waals surface area (Å²) in [5.74, 6) is -0.439. The molecule has 0 heterocycles. The van der Waals surface area contributed by atoms with E-state index in [-0.39, 0.29) is 32.7 Å². The second kappa shape index (κ2) is 8.89. The number of non-ortho nitro benzene ring substituents is 1. The summed E-state index contributed by atoms with van der Waals surface area (Å²) in [6.45, 7) is 0. The number of nitro groups is 1. The van der Waals surface area contributed by atoms with Crippen LogP contribution < -0.4 is 15.4 Å². The summed E-state index contributed by atoms with van der Waals surface area (Å²) >= 11 is 11.9. The number of halogens is 2. The minimum Gasteiger partial charge on any atom is -0.495 e. The molecule has 2 aromatic carbocycles. The van der Waals surface area contributed by atoms with E-state index < -0.39 is 10.8 Å². The molecule has 10 heteroatoms. The van der Waals surface area contributed by atoms with Crippen LogP contribution in [0.2, 0.25) is 10.0 Å². The molecule has 2 rings (SSSR count). The summed E-state index contributed by atoms with van der Waals surface area (Å²) in [4.78, 5) is 22.6. The van der Waals surface area contributed by atoms with E-state index in [1.807, 2.05) is 0 Å². The molecule has 0 bridgehead atoms. The van der Waals surface area contributed by atoms with E-state index in [4.69, 9.17) is 27.9 Å². The molecule has 0 fully saturated rings. The molecule has 0 aromatic heterocycles. The van der Waals surface area contributed by atoms with Gasteiger partial charge in [-0.2, -0.15) is 5.26 Å². The Labute approximate surface area is 164 Å². The van der Waals surface area contributed by atoms with Gasteiger partial charge < -0.3 is 15.4 Å². The summed E-state index contributed by atoms with van der Waals surface area (Å²) in [6, 6.07) is 10.3. The number of hydrogen-bond acceptors (Lipinski definition) is 6. The Balaban J connectivity index is 2.25. The van der Waals surface area contributed by atoms with Crippen LogP contribution in [0.1, 0.15) is 0 Å². The standard InChI is InChI=1S/C17H12Cl2N4O4/c1-27-15-6-5-11(23(25)26)7-14(15)21-9-10(8-20)17(24)22-13-4-2-3-12(18)16(13)19/h2-7,9,21H,1H3,(H,22,24)/b10-9-. The maximum absolute atomic E-state index is 12.3. The predicted molar refractivity (Wildman–Crippen MR) is 102 cm³/mol. The van der Waals surface area contributed by atoms with Gasteiger partial charge in [0, 0.05) is 18.3 Å². The molecule has 2 N–H and O–H groups in total. The van der Waals surface area contributed by atoms with Gasteiger partial charge in [0.05, 0.1) is 33.5 Å². The van der Waals surface area contributed by atoms with Gasteiger partial charge in [0.1, 0.15) is 17.4 Å². The van der Waals surface area contributed by atoms with Crippen LogP contribution in [0.4, 0.5) is 17.1 Å². The van der Waals surface area contributed by atoms with E-state index in [0.29, 0.717) is 5.75 Å². The molecule has 2 aromatic rings. The molecule has 0 saturated carbocycles. The molecule has 0 radical (unpaired) electrons. The Morgan fingerprint density at radius 1 is 1.30 bits per heavy atom. The molecule has 1 amide bonds. The number of ether oxygens (including phenoxy) is 1. The maximum Gasteiger partial charge on any atom is 0.271 e. The fraction of sp³-hybridized carbons (Fsp3) is 0.0588. The number of nitrogens with one attached hydrogen (secondary N) is 2. The topological polar surface area (TPSA) is 117 Å². The van der Waals surface area contributed by atoms with Crippen molar-refractivity contribution in [3.05, 3.63) is 68.3 Å². The lowest BCUT2D eigenvalue weighted by molar-refractivity contribution is -0.384. The van der Waals surface area contributed by atoms with Crippen molar-refractivity contribution in [2.24, 2.45) is 0 Å². The van der Waals surface area contributed by atoms with Crippen LogP contribution in [0.25, 0.3) is 0 Å². The number of benzene rings is 2. The zero-order valence-corrected chi connectivity index (χ0v) is 15.3. The molecule has 0 aliphatic rings. The first-order valence-corrected chi connectivity index (χ1v) is 8.07. The lowest BCUT2D eigenvalue weighted by atomic mass is 10.2. The van der Waals surface area contributed by atoms with E-state index in [0.717, 1.165) is 6.20 Å². The predicted octanol–water partition coefficient (Wildman–Crippen LogP) is 4.37. The first-order valence-electron chi connectivity index (χ1n) is 7.32. The van der Waals surface area contributed by atoms with Gasteiger partial charge in [-0.1, -0.05) is 29.3 Å². The number of carbonyl (C=O) groups is 1. The number of nitriles is 1. The van der Waals surface area contributed by atoms with Crippen molar-refractivity contribution in [1.29, 1.82) is 5.26 Å². The van der Waals surface area contributed by atoms with Crippen molar-refractivity contribution in [2.45, 2.75) is 0 Å². The number of nitro benzene ring substituents is 1. The molecule has 0 aliphatic carbocycles. The number of nitrogens with zero attached hydrogens (tertiary/aromatic N) is 2. The highest BCUT2D eigenvalue weighted by Crippen LogP contribution is 2.30. The van der Waals surface area contributed by atoms with E-state index in [1.54, 1.807) is 18.2 Å². The van der Waals surface area contributed by atoms with Crippen LogP contribution >= 0.6 is 23.2 Å². The van der Waals surface area contributed by atoms with Gasteiger partial charge in [-0.05, 0) is 18.2 Å². The second-order valence-corrected chi connectivity index (χ2v) is 5.80. The number of anilines is 2. The fourth-order valence-electron chi connectivity index (χ4n) is 2.01. The van der Waals surface area contributed by atoms with Gasteiger partial charge in [0.2, 0.25) is 0 Å². The molecular weight excluding hydrogens is 395 g/mol. The normalized spacial score (nSPS) is 10.7. The van der Waals surface area contributed by atoms with Crippen molar-refractivity contribution >= 4 is 46.2 Å². The van der Waals surface area contributed by atoms with E-state index in [2.05, 4.69) is 10.6 Å². The fourth-order valence-corrected chi connectivity index (χ4v) is 2.36. The Bertz CT molecular complexity index is 970. The number of methoxy groups -OCH3 is 1. The van der Waals surface area contributed by atoms with Gasteiger partial charge in [0.25, 0.3) is 11.6 Å². The minimum absolute atomic E-state index is 0.137. The van der Waals surface area contributed by atoms with Crippen molar-refractivity contribution in [1.82, 2.24) is 0 Å². The molecule has 0 aliphatic heterocycles. The van der Waals surface area contributed by atoms with Crippen LogP contribution in [-0.4, -0.2) is 17.9 Å². The summed E-state index contributed by atoms with van der Waals surface area (Å²) in [5.41, 5.74) is -0.0174. The summed E-state index contributed by atoms with van der Waals surface area (Å²) in [6.07, 6.45) is 1.11. The molecule has 0 unspecified atom stereocenters. The number of hydrogen-bond donors (Lipinski definition) is 2. The molecule has 8 nitrogen and oxygen atoms in total. The SMILES string of the molecule is COc1ccc([N+](=O)[O-])cc1N/C=C(/C#N)C(=O)Nc1cccc(Cl)c1Cl. The molecular formula is C17H12Cl2N4O4. The third-order valence-corrected chi connectivity index (χ3v) is 4.15. The van der Waals surface area contributed by atoms with Gasteiger partial charge in [-0.25, -0.2) is 0 Å². The van der Waals surface area contributed by atoms with Gasteiger partial charge in [0.15, 0.2) is 0 Å². The van der Waals surface area contributed by atoms with Crippen molar-refractivity contribution < 1.29 is 14.5 Å².